The second-order valence-corrected chi connectivity index (χ2v) is 1.43. The Morgan fingerprint density at radius 1 is 1.44 bits per heavy atom. The van der Waals surface area contributed by atoms with E-state index < -0.39 is 0 Å². The highest BCUT2D eigenvalue weighted by molar-refractivity contribution is 5.85. The van der Waals surface area contributed by atoms with Crippen molar-refractivity contribution in [3.8, 4) is 0 Å². The molecule has 0 atom stereocenters. The molecule has 0 aromatic rings. The number of hydrogen-bond donors (Lipinski definition) is 1. The first-order chi connectivity index (χ1) is 3.91. The third-order valence-corrected chi connectivity index (χ3v) is 0.754. The summed E-state index contributed by atoms with van der Waals surface area (Å²) in [5, 5.41) is 2.84. The fourth-order valence-corrected chi connectivity index (χ4v) is 0.366. The summed E-state index contributed by atoms with van der Waals surface area (Å²) in [5.74, 6) is 0. The van der Waals surface area contributed by atoms with Gasteiger partial charge in [0.2, 0.25) is 0 Å². The molecule has 58 valence electrons. The number of alkyl halides is 1. The van der Waals surface area contributed by atoms with Crippen molar-refractivity contribution < 1.29 is 9.13 Å². The molecule has 0 fully saturated rings. The molecule has 0 amide bonds. The maximum atomic E-state index is 11.3. The Balaban J connectivity index is 0. The van der Waals surface area contributed by atoms with E-state index >= 15 is 0 Å². The van der Waals surface area contributed by atoms with Crippen LogP contribution < -0.4 is 5.32 Å². The Morgan fingerprint density at radius 2 is 2.11 bits per heavy atom. The van der Waals surface area contributed by atoms with E-state index in [1.54, 1.807) is 7.11 Å². The van der Waals surface area contributed by atoms with Gasteiger partial charge in [-0.1, -0.05) is 0 Å². The van der Waals surface area contributed by atoms with Crippen molar-refractivity contribution in [2.24, 2.45) is 0 Å². The number of ether oxygens (including phenoxy) is 1. The molecule has 2 nitrogen and oxygen atoms in total. The highest BCUT2D eigenvalue weighted by Gasteiger charge is 1.82. The molecule has 0 heterocycles. The van der Waals surface area contributed by atoms with E-state index in [2.05, 4.69) is 5.32 Å². The predicted molar refractivity (Wildman–Crippen MR) is 38.0 cm³/mol. The summed E-state index contributed by atoms with van der Waals surface area (Å²) in [6.07, 6.45) is 0. The van der Waals surface area contributed by atoms with Crippen LogP contribution in [0.2, 0.25) is 0 Å². The molecule has 9 heavy (non-hydrogen) atoms. The Morgan fingerprint density at radius 3 is 2.56 bits per heavy atom. The van der Waals surface area contributed by atoms with Gasteiger partial charge in [-0.25, -0.2) is 4.39 Å². The summed E-state index contributed by atoms with van der Waals surface area (Å²) in [6, 6.07) is 0. The van der Waals surface area contributed by atoms with Crippen LogP contribution >= 0.6 is 12.4 Å². The summed E-state index contributed by atoms with van der Waals surface area (Å²) in [4.78, 5) is 0. The van der Waals surface area contributed by atoms with E-state index in [9.17, 15) is 4.39 Å². The zero-order valence-corrected chi connectivity index (χ0v) is 6.34. The van der Waals surface area contributed by atoms with Gasteiger partial charge in [0.1, 0.15) is 6.67 Å². The third kappa shape index (κ3) is 11.6. The number of rotatable bonds is 5. The zero-order valence-electron chi connectivity index (χ0n) is 5.52. The molecule has 0 saturated carbocycles. The van der Waals surface area contributed by atoms with Crippen molar-refractivity contribution >= 4 is 12.4 Å². The van der Waals surface area contributed by atoms with Crippen molar-refractivity contribution in [2.45, 2.75) is 0 Å². The first kappa shape index (κ1) is 11.9. The lowest BCUT2D eigenvalue weighted by Gasteiger charge is -1.97. The summed E-state index contributed by atoms with van der Waals surface area (Å²) < 4.78 is 16.0. The molecule has 0 rings (SSSR count). The van der Waals surface area contributed by atoms with Gasteiger partial charge in [0.05, 0.1) is 6.61 Å². The SMILES string of the molecule is COCCNCCF.Cl. The molecule has 0 radical (unpaired) electrons. The number of halogens is 2. The predicted octanol–water partition coefficient (Wildman–Crippen LogP) is 0.614. The smallest absolute Gasteiger partial charge is 0.102 e. The van der Waals surface area contributed by atoms with Crippen LogP contribution in [0, 0.1) is 0 Å². The van der Waals surface area contributed by atoms with Gasteiger partial charge >= 0.3 is 0 Å². The van der Waals surface area contributed by atoms with Crippen LogP contribution in [0.1, 0.15) is 0 Å². The highest BCUT2D eigenvalue weighted by atomic mass is 35.5. The normalized spacial score (nSPS) is 8.67. The molecular formula is C5H13ClFNO. The van der Waals surface area contributed by atoms with Gasteiger partial charge in [-0.3, -0.25) is 0 Å². The minimum atomic E-state index is -0.302. The Bertz CT molecular complexity index is 41.9. The van der Waals surface area contributed by atoms with Gasteiger partial charge in [0.15, 0.2) is 0 Å². The topological polar surface area (TPSA) is 21.3 Å². The molecular weight excluding hydrogens is 145 g/mol. The third-order valence-electron chi connectivity index (χ3n) is 0.754. The molecule has 4 heteroatoms. The number of nitrogens with one attached hydrogen (secondary N) is 1. The number of hydrogen-bond acceptors (Lipinski definition) is 2. The van der Waals surface area contributed by atoms with E-state index in [-0.39, 0.29) is 19.1 Å². The van der Waals surface area contributed by atoms with Crippen molar-refractivity contribution in [1.29, 1.82) is 0 Å². The van der Waals surface area contributed by atoms with Gasteiger partial charge in [-0.15, -0.1) is 12.4 Å². The standard InChI is InChI=1S/C5H12FNO.ClH/c1-8-5-4-7-3-2-6;/h7H,2-5H2,1H3;1H. The van der Waals surface area contributed by atoms with Crippen molar-refractivity contribution in [2.75, 3.05) is 33.5 Å². The average Bonchev–Trinajstić information content (AvgIpc) is 1.81. The largest absolute Gasteiger partial charge is 0.383 e. The van der Waals surface area contributed by atoms with Crippen LogP contribution in [0.25, 0.3) is 0 Å². The lowest BCUT2D eigenvalue weighted by atomic mass is 10.6. The Hall–Kier alpha value is 0.140. The lowest BCUT2D eigenvalue weighted by Crippen LogP contribution is -2.21. The Kier molecular flexibility index (Phi) is 14.5. The summed E-state index contributed by atoms with van der Waals surface area (Å²) in [6.45, 7) is 1.52. The van der Waals surface area contributed by atoms with E-state index in [1.165, 1.54) is 0 Å². The summed E-state index contributed by atoms with van der Waals surface area (Å²) >= 11 is 0. The van der Waals surface area contributed by atoms with Gasteiger partial charge in [0.25, 0.3) is 0 Å². The monoisotopic (exact) mass is 157 g/mol. The van der Waals surface area contributed by atoms with Gasteiger partial charge in [-0.05, 0) is 0 Å². The minimum absolute atomic E-state index is 0. The van der Waals surface area contributed by atoms with E-state index in [1.807, 2.05) is 0 Å². The maximum Gasteiger partial charge on any atom is 0.102 e. The molecule has 0 saturated heterocycles. The molecule has 0 bridgehead atoms. The van der Waals surface area contributed by atoms with Crippen LogP contribution in [0.15, 0.2) is 0 Å². The molecule has 0 aromatic carbocycles. The molecule has 0 aromatic heterocycles. The van der Waals surface area contributed by atoms with Crippen LogP contribution in [-0.4, -0.2) is 33.5 Å². The van der Waals surface area contributed by atoms with Crippen LogP contribution in [0.5, 0.6) is 0 Å². The summed E-state index contributed by atoms with van der Waals surface area (Å²) in [5.41, 5.74) is 0. The van der Waals surface area contributed by atoms with Crippen LogP contribution in [-0.2, 0) is 4.74 Å². The highest BCUT2D eigenvalue weighted by Crippen LogP contribution is 1.65. The van der Waals surface area contributed by atoms with E-state index in [0.717, 1.165) is 6.54 Å². The number of methoxy groups -OCH3 is 1. The molecule has 0 unspecified atom stereocenters. The van der Waals surface area contributed by atoms with Crippen molar-refractivity contribution in [3.05, 3.63) is 0 Å². The van der Waals surface area contributed by atoms with Crippen LogP contribution in [0.3, 0.4) is 0 Å². The van der Waals surface area contributed by atoms with Gasteiger partial charge < -0.3 is 10.1 Å². The molecule has 0 spiro atoms. The zero-order chi connectivity index (χ0) is 6.24. The van der Waals surface area contributed by atoms with Crippen molar-refractivity contribution in [3.63, 3.8) is 0 Å². The fourth-order valence-electron chi connectivity index (χ4n) is 0.366. The Labute approximate surface area is 61.2 Å². The fraction of sp³-hybridized carbons (Fsp3) is 1.00. The average molecular weight is 158 g/mol. The van der Waals surface area contributed by atoms with E-state index in [4.69, 9.17) is 4.74 Å². The van der Waals surface area contributed by atoms with E-state index in [0.29, 0.717) is 13.2 Å². The maximum absolute atomic E-state index is 11.3. The first-order valence-electron chi connectivity index (χ1n) is 2.67. The molecule has 0 aliphatic carbocycles. The summed E-state index contributed by atoms with van der Waals surface area (Å²) in [7, 11) is 1.62. The quantitative estimate of drug-likeness (QED) is 0.591. The molecule has 0 aliphatic heterocycles. The lowest BCUT2D eigenvalue weighted by molar-refractivity contribution is 0.198. The second kappa shape index (κ2) is 11.0. The van der Waals surface area contributed by atoms with Gasteiger partial charge in [0, 0.05) is 20.2 Å². The van der Waals surface area contributed by atoms with Crippen LogP contribution in [0.4, 0.5) is 4.39 Å². The molecule has 1 N–H and O–H groups in total. The van der Waals surface area contributed by atoms with Crippen molar-refractivity contribution in [1.82, 2.24) is 5.32 Å². The van der Waals surface area contributed by atoms with Gasteiger partial charge in [-0.2, -0.15) is 0 Å². The molecule has 0 aliphatic rings. The second-order valence-electron chi connectivity index (χ2n) is 1.43. The first-order valence-corrected chi connectivity index (χ1v) is 2.67. The minimum Gasteiger partial charge on any atom is -0.383 e.